The second-order valence-corrected chi connectivity index (χ2v) is 4.79. The van der Waals surface area contributed by atoms with Crippen LogP contribution in [0.1, 0.15) is 27.2 Å². The molecule has 112 valence electrons. The fraction of sp³-hybridized carbons (Fsp3) is 0.917. The van der Waals surface area contributed by atoms with E-state index in [1.165, 1.54) is 6.92 Å². The molecule has 1 heterocycles. The Morgan fingerprint density at radius 1 is 1.42 bits per heavy atom. The molecule has 19 heavy (non-hydrogen) atoms. The van der Waals surface area contributed by atoms with E-state index < -0.39 is 37.3 Å². The Morgan fingerprint density at radius 2 is 2.05 bits per heavy atom. The zero-order valence-electron chi connectivity index (χ0n) is 11.4. The molecule has 0 aromatic heterocycles. The standard InChI is InChI=1S/C12H23NO6/c1-4-6(2)18-12-9(13-7(3)15)11(17)10(16)8(5-14)19-12/h6,8-12,14,16-17H,4-5H2,1-3H3,(H,13,15)/t6-,8+,9-,10-,11+,12-/m1/s1. The van der Waals surface area contributed by atoms with Crippen LogP contribution in [0, 0.1) is 0 Å². The van der Waals surface area contributed by atoms with Gasteiger partial charge in [0, 0.05) is 6.92 Å². The van der Waals surface area contributed by atoms with Crippen LogP contribution < -0.4 is 5.32 Å². The SMILES string of the molecule is CC[C@@H](C)O[C@@H]1O[C@@H](CO)[C@@H](O)[C@@H](O)[C@H]1NC(C)=O. The van der Waals surface area contributed by atoms with Crippen molar-refractivity contribution in [2.24, 2.45) is 0 Å². The number of ether oxygens (including phenoxy) is 2. The molecule has 1 fully saturated rings. The van der Waals surface area contributed by atoms with Gasteiger partial charge in [-0.25, -0.2) is 0 Å². The molecule has 7 nitrogen and oxygen atoms in total. The molecule has 7 heteroatoms. The predicted octanol–water partition coefficient (Wildman–Crippen LogP) is -1.25. The summed E-state index contributed by atoms with van der Waals surface area (Å²) >= 11 is 0. The first-order chi connectivity index (χ1) is 8.90. The molecule has 1 amide bonds. The highest BCUT2D eigenvalue weighted by molar-refractivity contribution is 5.73. The van der Waals surface area contributed by atoms with Gasteiger partial charge in [-0.15, -0.1) is 0 Å². The first-order valence-corrected chi connectivity index (χ1v) is 6.45. The molecular formula is C12H23NO6. The lowest BCUT2D eigenvalue weighted by Crippen LogP contribution is -2.64. The van der Waals surface area contributed by atoms with Gasteiger partial charge in [0.1, 0.15) is 24.4 Å². The summed E-state index contributed by atoms with van der Waals surface area (Å²) in [6.45, 7) is 4.62. The van der Waals surface area contributed by atoms with Gasteiger partial charge in [-0.3, -0.25) is 4.79 Å². The molecule has 0 aromatic carbocycles. The van der Waals surface area contributed by atoms with Crippen LogP contribution in [0.4, 0.5) is 0 Å². The number of hydrogen-bond donors (Lipinski definition) is 4. The molecule has 0 aromatic rings. The lowest BCUT2D eigenvalue weighted by molar-refractivity contribution is -0.280. The molecule has 0 bridgehead atoms. The van der Waals surface area contributed by atoms with E-state index >= 15 is 0 Å². The van der Waals surface area contributed by atoms with Crippen LogP contribution in [0.25, 0.3) is 0 Å². The van der Waals surface area contributed by atoms with Gasteiger partial charge in [0.2, 0.25) is 5.91 Å². The molecule has 0 radical (unpaired) electrons. The predicted molar refractivity (Wildman–Crippen MR) is 66.2 cm³/mol. The van der Waals surface area contributed by atoms with Crippen LogP contribution in [0.2, 0.25) is 0 Å². The van der Waals surface area contributed by atoms with E-state index in [0.29, 0.717) is 0 Å². The van der Waals surface area contributed by atoms with E-state index in [2.05, 4.69) is 5.32 Å². The highest BCUT2D eigenvalue weighted by Crippen LogP contribution is 2.23. The normalized spacial score (nSPS) is 36.8. The van der Waals surface area contributed by atoms with Gasteiger partial charge in [-0.05, 0) is 13.3 Å². The number of amides is 1. The maximum absolute atomic E-state index is 11.2. The van der Waals surface area contributed by atoms with Crippen molar-refractivity contribution >= 4 is 5.91 Å². The van der Waals surface area contributed by atoms with Crippen molar-refractivity contribution in [1.29, 1.82) is 0 Å². The molecule has 4 N–H and O–H groups in total. The van der Waals surface area contributed by atoms with E-state index in [-0.39, 0.29) is 12.0 Å². The second kappa shape index (κ2) is 7.16. The minimum absolute atomic E-state index is 0.136. The highest BCUT2D eigenvalue weighted by atomic mass is 16.7. The number of carbonyl (C=O) groups excluding carboxylic acids is 1. The smallest absolute Gasteiger partial charge is 0.217 e. The van der Waals surface area contributed by atoms with E-state index in [0.717, 1.165) is 6.42 Å². The van der Waals surface area contributed by atoms with Gasteiger partial charge < -0.3 is 30.1 Å². The molecule has 6 atom stereocenters. The third kappa shape index (κ3) is 4.12. The number of hydrogen-bond acceptors (Lipinski definition) is 6. The lowest BCUT2D eigenvalue weighted by atomic mass is 9.97. The van der Waals surface area contributed by atoms with Gasteiger partial charge >= 0.3 is 0 Å². The summed E-state index contributed by atoms with van der Waals surface area (Å²) in [6.07, 6.45) is -3.79. The number of nitrogens with one attached hydrogen (secondary N) is 1. The summed E-state index contributed by atoms with van der Waals surface area (Å²) < 4.78 is 11.0. The number of aliphatic hydroxyl groups excluding tert-OH is 3. The van der Waals surface area contributed by atoms with Crippen molar-refractivity contribution < 1.29 is 29.6 Å². The van der Waals surface area contributed by atoms with Crippen LogP contribution in [-0.4, -0.2) is 64.6 Å². The molecule has 0 unspecified atom stereocenters. The van der Waals surface area contributed by atoms with Crippen molar-refractivity contribution in [1.82, 2.24) is 5.32 Å². The van der Waals surface area contributed by atoms with E-state index in [9.17, 15) is 15.0 Å². The van der Waals surface area contributed by atoms with Crippen molar-refractivity contribution in [3.05, 3.63) is 0 Å². The summed E-state index contributed by atoms with van der Waals surface area (Å²) in [6, 6.07) is -0.871. The van der Waals surface area contributed by atoms with Gasteiger partial charge in [0.05, 0.1) is 12.7 Å². The quantitative estimate of drug-likeness (QED) is 0.500. The summed E-state index contributed by atoms with van der Waals surface area (Å²) in [7, 11) is 0. The average Bonchev–Trinajstić information content (AvgIpc) is 2.37. The maximum atomic E-state index is 11.2. The highest BCUT2D eigenvalue weighted by Gasteiger charge is 2.45. The Labute approximate surface area is 112 Å². The molecule has 0 aliphatic carbocycles. The summed E-state index contributed by atoms with van der Waals surface area (Å²) in [5.74, 6) is -0.361. The first kappa shape index (κ1) is 16.3. The summed E-state index contributed by atoms with van der Waals surface area (Å²) in [4.78, 5) is 11.2. The number of carbonyl (C=O) groups is 1. The summed E-state index contributed by atoms with van der Waals surface area (Å²) in [5.41, 5.74) is 0. The van der Waals surface area contributed by atoms with Crippen LogP contribution in [-0.2, 0) is 14.3 Å². The molecule has 1 saturated heterocycles. The number of rotatable bonds is 5. The zero-order chi connectivity index (χ0) is 14.6. The Morgan fingerprint density at radius 3 is 2.53 bits per heavy atom. The molecule has 0 saturated carbocycles. The van der Waals surface area contributed by atoms with Crippen LogP contribution in [0.3, 0.4) is 0 Å². The molecule has 1 aliphatic rings. The van der Waals surface area contributed by atoms with Crippen LogP contribution >= 0.6 is 0 Å². The van der Waals surface area contributed by atoms with Crippen molar-refractivity contribution in [2.45, 2.75) is 63.9 Å². The van der Waals surface area contributed by atoms with Crippen molar-refractivity contribution in [3.63, 3.8) is 0 Å². The second-order valence-electron chi connectivity index (χ2n) is 4.79. The third-order valence-corrected chi connectivity index (χ3v) is 3.19. The molecule has 0 spiro atoms. The molecule has 1 rings (SSSR count). The van der Waals surface area contributed by atoms with E-state index in [1.54, 1.807) is 0 Å². The van der Waals surface area contributed by atoms with Crippen molar-refractivity contribution in [2.75, 3.05) is 6.61 Å². The monoisotopic (exact) mass is 277 g/mol. The van der Waals surface area contributed by atoms with Crippen LogP contribution in [0.5, 0.6) is 0 Å². The number of aliphatic hydroxyl groups is 3. The maximum Gasteiger partial charge on any atom is 0.217 e. The Balaban J connectivity index is 2.83. The zero-order valence-corrected chi connectivity index (χ0v) is 11.4. The Bertz CT molecular complexity index is 300. The van der Waals surface area contributed by atoms with Crippen molar-refractivity contribution in [3.8, 4) is 0 Å². The first-order valence-electron chi connectivity index (χ1n) is 6.45. The fourth-order valence-electron chi connectivity index (χ4n) is 1.91. The largest absolute Gasteiger partial charge is 0.394 e. The summed E-state index contributed by atoms with van der Waals surface area (Å²) in [5, 5.41) is 31.4. The third-order valence-electron chi connectivity index (χ3n) is 3.19. The lowest BCUT2D eigenvalue weighted by Gasteiger charge is -2.42. The molecular weight excluding hydrogens is 254 g/mol. The topological polar surface area (TPSA) is 108 Å². The van der Waals surface area contributed by atoms with E-state index in [4.69, 9.17) is 14.6 Å². The Kier molecular flexibility index (Phi) is 6.15. The minimum Gasteiger partial charge on any atom is -0.394 e. The van der Waals surface area contributed by atoms with Gasteiger partial charge in [0.25, 0.3) is 0 Å². The van der Waals surface area contributed by atoms with Gasteiger partial charge in [-0.2, -0.15) is 0 Å². The van der Waals surface area contributed by atoms with E-state index in [1.807, 2.05) is 13.8 Å². The van der Waals surface area contributed by atoms with Gasteiger partial charge in [-0.1, -0.05) is 6.92 Å². The Hall–Kier alpha value is -0.730. The van der Waals surface area contributed by atoms with Gasteiger partial charge in [0.15, 0.2) is 6.29 Å². The average molecular weight is 277 g/mol. The molecule has 1 aliphatic heterocycles. The fourth-order valence-corrected chi connectivity index (χ4v) is 1.91. The van der Waals surface area contributed by atoms with Crippen LogP contribution in [0.15, 0.2) is 0 Å². The minimum atomic E-state index is -1.28.